The van der Waals surface area contributed by atoms with Gasteiger partial charge in [-0.3, -0.25) is 4.79 Å². The minimum Gasteiger partial charge on any atom is -0.465 e. The van der Waals surface area contributed by atoms with Crippen LogP contribution in [-0.4, -0.2) is 43.8 Å². The zero-order valence-electron chi connectivity index (χ0n) is 15.6. The third-order valence-corrected chi connectivity index (χ3v) is 6.45. The fraction of sp³-hybridized carbons (Fsp3) is 0.474. The van der Waals surface area contributed by atoms with Gasteiger partial charge in [0.05, 0.1) is 12.3 Å². The van der Waals surface area contributed by atoms with Crippen LogP contribution >= 0.6 is 0 Å². The third-order valence-electron chi connectivity index (χ3n) is 4.48. The average Bonchev–Trinajstić information content (AvgIpc) is 3.03. The highest BCUT2D eigenvalue weighted by Crippen LogP contribution is 2.30. The number of hydrogen-bond donors (Lipinski definition) is 0. The van der Waals surface area contributed by atoms with Gasteiger partial charge in [-0.25, -0.2) is 8.42 Å². The molecule has 142 valence electrons. The topological polar surface area (TPSA) is 82.0 Å². The van der Waals surface area contributed by atoms with E-state index < -0.39 is 26.7 Å². The number of carbonyl (C=O) groups is 1. The maximum absolute atomic E-state index is 12.2. The van der Waals surface area contributed by atoms with Gasteiger partial charge in [-0.1, -0.05) is 41.6 Å². The average molecular weight is 379 g/mol. The first-order valence-corrected chi connectivity index (χ1v) is 10.4. The fourth-order valence-electron chi connectivity index (χ4n) is 2.79. The van der Waals surface area contributed by atoms with Gasteiger partial charge in [0.15, 0.2) is 14.6 Å². The van der Waals surface area contributed by atoms with Gasteiger partial charge in [0, 0.05) is 19.1 Å². The molecular weight excluding hydrogens is 354 g/mol. The summed E-state index contributed by atoms with van der Waals surface area (Å²) in [6.07, 6.45) is 4.94. The molecule has 1 heterocycles. The first-order chi connectivity index (χ1) is 12.2. The molecule has 0 radical (unpaired) electrons. The molecule has 0 saturated carbocycles. The number of hydrogen-bond acceptors (Lipinski definition) is 6. The number of allylic oxidation sites excluding steroid dienone is 1. The van der Waals surface area contributed by atoms with Crippen molar-refractivity contribution in [2.45, 2.75) is 44.5 Å². The summed E-state index contributed by atoms with van der Waals surface area (Å²) in [6.45, 7) is 5.10. The second kappa shape index (κ2) is 8.03. The number of ether oxygens (including phenoxy) is 1. The summed E-state index contributed by atoms with van der Waals surface area (Å²) in [7, 11) is -3.68. The molecule has 0 aliphatic carbocycles. The van der Waals surface area contributed by atoms with Crippen molar-refractivity contribution in [2.75, 3.05) is 12.9 Å². The molecule has 0 saturated heterocycles. The van der Waals surface area contributed by atoms with E-state index in [9.17, 15) is 13.2 Å². The van der Waals surface area contributed by atoms with Crippen molar-refractivity contribution >= 4 is 27.6 Å². The Bertz CT molecular complexity index is 811. The van der Waals surface area contributed by atoms with Gasteiger partial charge in [-0.15, -0.1) is 0 Å². The summed E-state index contributed by atoms with van der Waals surface area (Å²) in [6, 6.07) is 7.84. The number of esters is 1. The van der Waals surface area contributed by atoms with Crippen LogP contribution in [0.5, 0.6) is 0 Å². The summed E-state index contributed by atoms with van der Waals surface area (Å²) in [5.74, 6) is -0.754. The lowest BCUT2D eigenvalue weighted by molar-refractivity contribution is -0.146. The first kappa shape index (κ1) is 20.2. The lowest BCUT2D eigenvalue weighted by atomic mass is 9.96. The number of oxime groups is 1. The molecule has 0 aromatic heterocycles. The van der Waals surface area contributed by atoms with Gasteiger partial charge in [-0.05, 0) is 31.9 Å². The summed E-state index contributed by atoms with van der Waals surface area (Å²) in [5.41, 5.74) is 2.74. The van der Waals surface area contributed by atoms with Crippen LogP contribution in [0.3, 0.4) is 0 Å². The van der Waals surface area contributed by atoms with E-state index in [4.69, 9.17) is 9.57 Å². The lowest BCUT2D eigenvalue weighted by Gasteiger charge is -2.27. The second-order valence-corrected chi connectivity index (χ2v) is 8.96. The largest absolute Gasteiger partial charge is 0.465 e. The predicted molar refractivity (Wildman–Crippen MR) is 102 cm³/mol. The first-order valence-electron chi connectivity index (χ1n) is 8.54. The Morgan fingerprint density at radius 1 is 1.38 bits per heavy atom. The van der Waals surface area contributed by atoms with Crippen LogP contribution in [0, 0.1) is 0 Å². The van der Waals surface area contributed by atoms with Crippen molar-refractivity contribution in [3.63, 3.8) is 0 Å². The van der Waals surface area contributed by atoms with Crippen molar-refractivity contribution in [2.24, 2.45) is 5.16 Å². The molecule has 1 aromatic carbocycles. The van der Waals surface area contributed by atoms with Crippen LogP contribution in [-0.2, 0) is 24.2 Å². The van der Waals surface area contributed by atoms with E-state index in [1.807, 2.05) is 43.3 Å². The molecule has 1 aliphatic heterocycles. The van der Waals surface area contributed by atoms with Gasteiger partial charge >= 0.3 is 5.97 Å². The summed E-state index contributed by atoms with van der Waals surface area (Å²) >= 11 is 0. The molecule has 0 amide bonds. The van der Waals surface area contributed by atoms with Crippen molar-refractivity contribution in [3.05, 3.63) is 41.5 Å². The molecule has 6 nitrogen and oxygen atoms in total. The lowest BCUT2D eigenvalue weighted by Crippen LogP contribution is -2.47. The maximum atomic E-state index is 12.2. The predicted octanol–water partition coefficient (Wildman–Crippen LogP) is 2.97. The molecule has 0 N–H and O–H groups in total. The van der Waals surface area contributed by atoms with E-state index in [1.54, 1.807) is 6.92 Å². The standard InChI is InChI=1S/C19H25NO5S/c1-5-7-14-8-10-15(11-9-14)17-12-16(25-20-17)13-19(3,26(4,22)23)18(21)24-6-2/h5,7-11,16H,6,12-13H2,1-4H3/b7-5+/t16-,19-/m1/s1. The Morgan fingerprint density at radius 3 is 2.58 bits per heavy atom. The summed E-state index contributed by atoms with van der Waals surface area (Å²) in [4.78, 5) is 17.7. The molecule has 7 heteroatoms. The molecule has 26 heavy (non-hydrogen) atoms. The van der Waals surface area contributed by atoms with Crippen molar-refractivity contribution in [1.82, 2.24) is 0 Å². The SMILES string of the molecule is C/C=C/c1ccc(C2=NO[C@@H](C[C@](C)(C(=O)OCC)S(C)(=O)=O)C2)cc1. The molecule has 0 bridgehead atoms. The van der Waals surface area contributed by atoms with Crippen molar-refractivity contribution < 1.29 is 22.8 Å². The van der Waals surface area contributed by atoms with Gasteiger partial charge in [0.1, 0.15) is 6.10 Å². The van der Waals surface area contributed by atoms with Crippen LogP contribution in [0.4, 0.5) is 0 Å². The van der Waals surface area contributed by atoms with Gasteiger partial charge < -0.3 is 9.57 Å². The van der Waals surface area contributed by atoms with Crippen molar-refractivity contribution in [1.29, 1.82) is 0 Å². The smallest absolute Gasteiger partial charge is 0.327 e. The Balaban J connectivity index is 2.12. The fourth-order valence-corrected chi connectivity index (χ4v) is 3.64. The monoisotopic (exact) mass is 379 g/mol. The zero-order chi connectivity index (χ0) is 19.4. The molecule has 0 unspecified atom stereocenters. The summed E-state index contributed by atoms with van der Waals surface area (Å²) < 4.78 is 27.7. The number of rotatable bonds is 7. The Hall–Kier alpha value is -2.15. The van der Waals surface area contributed by atoms with Crippen LogP contribution < -0.4 is 0 Å². The second-order valence-electron chi connectivity index (χ2n) is 6.52. The Labute approximate surface area is 154 Å². The quantitative estimate of drug-likeness (QED) is 0.680. The number of benzene rings is 1. The highest BCUT2D eigenvalue weighted by atomic mass is 32.2. The number of carbonyl (C=O) groups excluding carboxylic acids is 1. The highest BCUT2D eigenvalue weighted by molar-refractivity contribution is 7.92. The van der Waals surface area contributed by atoms with E-state index in [1.165, 1.54) is 6.92 Å². The molecule has 0 fully saturated rings. The summed E-state index contributed by atoms with van der Waals surface area (Å²) in [5, 5.41) is 4.09. The van der Waals surface area contributed by atoms with Crippen LogP contribution in [0.25, 0.3) is 6.08 Å². The third kappa shape index (κ3) is 4.33. The Morgan fingerprint density at radius 2 is 2.04 bits per heavy atom. The van der Waals surface area contributed by atoms with E-state index in [-0.39, 0.29) is 13.0 Å². The molecule has 0 spiro atoms. The molecule has 2 rings (SSSR count). The zero-order valence-corrected chi connectivity index (χ0v) is 16.4. The van der Waals surface area contributed by atoms with E-state index in [0.717, 1.165) is 23.1 Å². The molecule has 2 atom stereocenters. The van der Waals surface area contributed by atoms with E-state index in [0.29, 0.717) is 6.42 Å². The van der Waals surface area contributed by atoms with Gasteiger partial charge in [0.25, 0.3) is 0 Å². The Kier molecular flexibility index (Phi) is 6.23. The molecule has 1 aromatic rings. The van der Waals surface area contributed by atoms with Crippen LogP contribution in [0.2, 0.25) is 0 Å². The van der Waals surface area contributed by atoms with E-state index in [2.05, 4.69) is 5.16 Å². The minimum atomic E-state index is -3.68. The maximum Gasteiger partial charge on any atom is 0.327 e. The van der Waals surface area contributed by atoms with Crippen LogP contribution in [0.1, 0.15) is 44.7 Å². The molecular formula is C19H25NO5S. The normalized spacial score (nSPS) is 19.7. The van der Waals surface area contributed by atoms with E-state index >= 15 is 0 Å². The van der Waals surface area contributed by atoms with Crippen LogP contribution in [0.15, 0.2) is 35.5 Å². The van der Waals surface area contributed by atoms with Crippen molar-refractivity contribution in [3.8, 4) is 0 Å². The number of nitrogens with zero attached hydrogens (tertiary/aromatic N) is 1. The number of sulfone groups is 1. The highest BCUT2D eigenvalue weighted by Gasteiger charge is 2.48. The van der Waals surface area contributed by atoms with Gasteiger partial charge in [0.2, 0.25) is 0 Å². The minimum absolute atomic E-state index is 0.00563. The van der Waals surface area contributed by atoms with Gasteiger partial charge in [-0.2, -0.15) is 0 Å². The molecule has 1 aliphatic rings.